The van der Waals surface area contributed by atoms with Gasteiger partial charge in [-0.2, -0.15) is 0 Å². The molecule has 1 saturated heterocycles. The van der Waals surface area contributed by atoms with E-state index in [-0.39, 0.29) is 18.6 Å². The molecule has 0 radical (unpaired) electrons. The molecule has 0 saturated carbocycles. The van der Waals surface area contributed by atoms with Crippen LogP contribution in [0.2, 0.25) is 0 Å². The number of likely N-dealkylation sites (N-methyl/N-ethyl adjacent to an activating group) is 1. The number of aryl methyl sites for hydroxylation is 1. The highest BCUT2D eigenvalue weighted by Gasteiger charge is 2.14. The van der Waals surface area contributed by atoms with E-state index >= 15 is 0 Å². The molecule has 2 N–H and O–H groups in total. The van der Waals surface area contributed by atoms with Crippen LogP contribution in [0.3, 0.4) is 0 Å². The molecule has 1 aromatic carbocycles. The normalized spacial score (nSPS) is 17.7. The zero-order valence-corrected chi connectivity index (χ0v) is 16.3. The van der Waals surface area contributed by atoms with Crippen molar-refractivity contribution in [3.05, 3.63) is 35.4 Å². The maximum atomic E-state index is 11.9. The predicted molar refractivity (Wildman–Crippen MR) is 105 cm³/mol. The monoisotopic (exact) mass is 360 g/mol. The molecule has 26 heavy (non-hydrogen) atoms. The Kier molecular flexibility index (Phi) is 8.41. The van der Waals surface area contributed by atoms with Gasteiger partial charge in [-0.3, -0.25) is 4.79 Å². The molecule has 1 aromatic rings. The van der Waals surface area contributed by atoms with Crippen LogP contribution in [0.5, 0.6) is 0 Å². The van der Waals surface area contributed by atoms with E-state index < -0.39 is 0 Å². The molecule has 0 bridgehead atoms. The minimum Gasteiger partial charge on any atom is -0.376 e. The molecule has 1 atom stereocenters. The SMILES string of the molecule is CCc1ccccc1CN=C(NCC(=O)N(C)C)NCC1CCCCO1. The third kappa shape index (κ3) is 6.67. The van der Waals surface area contributed by atoms with Crippen molar-refractivity contribution in [2.24, 2.45) is 4.99 Å². The fourth-order valence-electron chi connectivity index (χ4n) is 2.89. The number of nitrogens with one attached hydrogen (secondary N) is 2. The van der Waals surface area contributed by atoms with Crippen LogP contribution >= 0.6 is 0 Å². The van der Waals surface area contributed by atoms with E-state index in [2.05, 4.69) is 40.7 Å². The Bertz CT molecular complexity index is 595. The summed E-state index contributed by atoms with van der Waals surface area (Å²) in [6.45, 7) is 4.49. The standard InChI is InChI=1S/C20H32N4O2/c1-4-16-9-5-6-10-17(16)13-21-20(23-15-19(25)24(2)3)22-14-18-11-7-8-12-26-18/h5-6,9-10,18H,4,7-8,11-15H2,1-3H3,(H2,21,22,23). The third-order valence-corrected chi connectivity index (χ3v) is 4.58. The molecular formula is C20H32N4O2. The molecule has 144 valence electrons. The number of benzene rings is 1. The zero-order valence-electron chi connectivity index (χ0n) is 16.3. The third-order valence-electron chi connectivity index (χ3n) is 4.58. The lowest BCUT2D eigenvalue weighted by Crippen LogP contribution is -2.45. The van der Waals surface area contributed by atoms with Gasteiger partial charge in [-0.05, 0) is 36.8 Å². The minimum absolute atomic E-state index is 0.0161. The average Bonchev–Trinajstić information content (AvgIpc) is 2.68. The van der Waals surface area contributed by atoms with Gasteiger partial charge in [0.1, 0.15) is 0 Å². The zero-order chi connectivity index (χ0) is 18.8. The maximum absolute atomic E-state index is 11.9. The van der Waals surface area contributed by atoms with Gasteiger partial charge in [-0.25, -0.2) is 4.99 Å². The summed E-state index contributed by atoms with van der Waals surface area (Å²) in [6.07, 6.45) is 4.60. The number of nitrogens with zero attached hydrogens (tertiary/aromatic N) is 2. The molecule has 6 nitrogen and oxygen atoms in total. The Labute approximate surface area is 157 Å². The number of carbonyl (C=O) groups is 1. The fraction of sp³-hybridized carbons (Fsp3) is 0.600. The molecule has 0 spiro atoms. The largest absolute Gasteiger partial charge is 0.376 e. The number of guanidine groups is 1. The number of amides is 1. The number of hydrogen-bond acceptors (Lipinski definition) is 3. The van der Waals surface area contributed by atoms with E-state index in [1.54, 1.807) is 19.0 Å². The van der Waals surface area contributed by atoms with Crippen LogP contribution in [0.1, 0.15) is 37.3 Å². The van der Waals surface area contributed by atoms with Crippen molar-refractivity contribution in [3.8, 4) is 0 Å². The molecule has 1 fully saturated rings. The van der Waals surface area contributed by atoms with E-state index in [4.69, 9.17) is 4.74 Å². The number of ether oxygens (including phenoxy) is 1. The van der Waals surface area contributed by atoms with Crippen molar-refractivity contribution in [2.75, 3.05) is 33.8 Å². The van der Waals surface area contributed by atoms with Crippen LogP contribution in [0.4, 0.5) is 0 Å². The van der Waals surface area contributed by atoms with E-state index in [9.17, 15) is 4.79 Å². The van der Waals surface area contributed by atoms with Crippen molar-refractivity contribution < 1.29 is 9.53 Å². The van der Waals surface area contributed by atoms with Crippen molar-refractivity contribution in [2.45, 2.75) is 45.3 Å². The lowest BCUT2D eigenvalue weighted by molar-refractivity contribution is -0.127. The first-order valence-corrected chi connectivity index (χ1v) is 9.51. The van der Waals surface area contributed by atoms with Crippen molar-refractivity contribution in [3.63, 3.8) is 0 Å². The fourth-order valence-corrected chi connectivity index (χ4v) is 2.89. The summed E-state index contributed by atoms with van der Waals surface area (Å²) >= 11 is 0. The molecule has 0 aromatic heterocycles. The summed E-state index contributed by atoms with van der Waals surface area (Å²) in [5.74, 6) is 0.669. The Balaban J connectivity index is 1.98. The lowest BCUT2D eigenvalue weighted by atomic mass is 10.1. The van der Waals surface area contributed by atoms with Crippen LogP contribution in [0, 0.1) is 0 Å². The Morgan fingerprint density at radius 2 is 2.00 bits per heavy atom. The molecule has 1 aliphatic heterocycles. The van der Waals surface area contributed by atoms with Crippen molar-refractivity contribution in [1.29, 1.82) is 0 Å². The maximum Gasteiger partial charge on any atom is 0.241 e. The first-order chi connectivity index (χ1) is 12.6. The van der Waals surface area contributed by atoms with E-state index in [1.165, 1.54) is 17.5 Å². The first-order valence-electron chi connectivity index (χ1n) is 9.51. The molecule has 0 aliphatic carbocycles. The summed E-state index contributed by atoms with van der Waals surface area (Å²) in [7, 11) is 3.50. The molecule has 2 rings (SSSR count). The molecule has 1 aliphatic rings. The Hall–Kier alpha value is -2.08. The summed E-state index contributed by atoms with van der Waals surface area (Å²) < 4.78 is 5.77. The van der Waals surface area contributed by atoms with Gasteiger partial charge in [-0.1, -0.05) is 31.2 Å². The molecule has 1 amide bonds. The molecule has 1 heterocycles. The lowest BCUT2D eigenvalue weighted by Gasteiger charge is -2.24. The summed E-state index contributed by atoms with van der Waals surface area (Å²) in [5, 5.41) is 6.47. The first kappa shape index (κ1) is 20.2. The summed E-state index contributed by atoms with van der Waals surface area (Å²) in [5.41, 5.74) is 2.51. The average molecular weight is 361 g/mol. The van der Waals surface area contributed by atoms with Crippen LogP contribution < -0.4 is 10.6 Å². The highest BCUT2D eigenvalue weighted by Crippen LogP contribution is 2.12. The topological polar surface area (TPSA) is 66.0 Å². The molecular weight excluding hydrogens is 328 g/mol. The van der Waals surface area contributed by atoms with E-state index in [0.717, 1.165) is 25.9 Å². The van der Waals surface area contributed by atoms with Crippen molar-refractivity contribution in [1.82, 2.24) is 15.5 Å². The van der Waals surface area contributed by atoms with Gasteiger partial charge >= 0.3 is 0 Å². The van der Waals surface area contributed by atoms with E-state index in [1.807, 2.05) is 6.07 Å². The summed E-state index contributed by atoms with van der Waals surface area (Å²) in [4.78, 5) is 18.1. The molecule has 1 unspecified atom stereocenters. The highest BCUT2D eigenvalue weighted by atomic mass is 16.5. The minimum atomic E-state index is 0.0161. The second kappa shape index (κ2) is 10.8. The van der Waals surface area contributed by atoms with Gasteiger partial charge < -0.3 is 20.3 Å². The number of aliphatic imine (C=N–C) groups is 1. The van der Waals surface area contributed by atoms with Gasteiger partial charge in [0.2, 0.25) is 5.91 Å². The molecule has 6 heteroatoms. The quantitative estimate of drug-likeness (QED) is 0.576. The van der Waals surface area contributed by atoms with Gasteiger partial charge in [0, 0.05) is 27.2 Å². The van der Waals surface area contributed by atoms with Crippen LogP contribution in [-0.2, 0) is 22.5 Å². The predicted octanol–water partition coefficient (Wildman–Crippen LogP) is 1.94. The second-order valence-corrected chi connectivity index (χ2v) is 6.80. The smallest absolute Gasteiger partial charge is 0.241 e. The second-order valence-electron chi connectivity index (χ2n) is 6.80. The van der Waals surface area contributed by atoms with Crippen LogP contribution in [0.25, 0.3) is 0 Å². The van der Waals surface area contributed by atoms with Gasteiger partial charge in [-0.15, -0.1) is 0 Å². The number of carbonyl (C=O) groups excluding carboxylic acids is 1. The Morgan fingerprint density at radius 3 is 2.65 bits per heavy atom. The Morgan fingerprint density at radius 1 is 1.23 bits per heavy atom. The van der Waals surface area contributed by atoms with E-state index in [0.29, 0.717) is 19.0 Å². The number of rotatable bonds is 7. The number of hydrogen-bond donors (Lipinski definition) is 2. The summed E-state index contributed by atoms with van der Waals surface area (Å²) in [6, 6.07) is 8.33. The van der Waals surface area contributed by atoms with Gasteiger partial charge in [0.05, 0.1) is 19.2 Å². The van der Waals surface area contributed by atoms with Crippen LogP contribution in [-0.4, -0.2) is 56.7 Å². The van der Waals surface area contributed by atoms with Crippen LogP contribution in [0.15, 0.2) is 29.3 Å². The van der Waals surface area contributed by atoms with Crippen molar-refractivity contribution >= 4 is 11.9 Å². The highest BCUT2D eigenvalue weighted by molar-refractivity contribution is 5.86. The van der Waals surface area contributed by atoms with Gasteiger partial charge in [0.25, 0.3) is 0 Å². The van der Waals surface area contributed by atoms with Gasteiger partial charge in [0.15, 0.2) is 5.96 Å².